The number of aromatic nitrogens is 1. The van der Waals surface area contributed by atoms with Gasteiger partial charge in [-0.15, -0.1) is 0 Å². The lowest BCUT2D eigenvalue weighted by molar-refractivity contribution is 0.464. The molecule has 1 atom stereocenters. The Morgan fingerprint density at radius 2 is 2.29 bits per heavy atom. The topological polar surface area (TPSA) is 50.3 Å². The molecule has 1 unspecified atom stereocenters. The van der Waals surface area contributed by atoms with Crippen molar-refractivity contribution in [2.24, 2.45) is 5.92 Å². The fraction of sp³-hybridized carbons (Fsp3) is 0.500. The van der Waals surface area contributed by atoms with E-state index in [9.17, 15) is 12.8 Å². The molecule has 0 aromatic carbocycles. The summed E-state index contributed by atoms with van der Waals surface area (Å²) in [5, 5.41) is 0.778. The molecule has 4 nitrogen and oxygen atoms in total. The molecule has 0 aliphatic carbocycles. The Bertz CT molecular complexity index is 509. The summed E-state index contributed by atoms with van der Waals surface area (Å²) >= 11 is 3.34. The van der Waals surface area contributed by atoms with Crippen LogP contribution in [0.3, 0.4) is 0 Å². The fourth-order valence-electron chi connectivity index (χ4n) is 1.82. The van der Waals surface area contributed by atoms with Gasteiger partial charge in [-0.2, -0.15) is 4.31 Å². The summed E-state index contributed by atoms with van der Waals surface area (Å²) in [4.78, 5) is 3.49. The van der Waals surface area contributed by atoms with E-state index in [1.165, 1.54) is 10.5 Å². The first-order valence-corrected chi connectivity index (χ1v) is 7.77. The second-order valence-corrected chi connectivity index (χ2v) is 6.60. The summed E-state index contributed by atoms with van der Waals surface area (Å²) in [6, 6.07) is 1.00. The van der Waals surface area contributed by atoms with Gasteiger partial charge in [-0.3, -0.25) is 4.98 Å². The van der Waals surface area contributed by atoms with Crippen molar-refractivity contribution in [1.29, 1.82) is 0 Å². The van der Waals surface area contributed by atoms with Crippen LogP contribution in [0.4, 0.5) is 4.39 Å². The van der Waals surface area contributed by atoms with E-state index in [4.69, 9.17) is 0 Å². The highest BCUT2D eigenvalue weighted by atomic mass is 79.9. The first-order valence-electron chi connectivity index (χ1n) is 5.20. The van der Waals surface area contributed by atoms with Gasteiger partial charge in [0.05, 0.1) is 6.20 Å². The highest BCUT2D eigenvalue weighted by Crippen LogP contribution is 2.25. The molecule has 7 heteroatoms. The number of hydrogen-bond acceptors (Lipinski definition) is 3. The molecule has 17 heavy (non-hydrogen) atoms. The van der Waals surface area contributed by atoms with Crippen molar-refractivity contribution in [1.82, 2.24) is 9.29 Å². The molecule has 1 aliphatic rings. The normalized spacial score (nSPS) is 21.9. The molecule has 0 bridgehead atoms. The standard InChI is InChI=1S/C10H12BrFN2O2S/c11-4-8-1-2-14(7-8)17(15,16)10-3-9(12)5-13-6-10/h3,5-6,8H,1-2,4,7H2. The number of pyridine rings is 1. The zero-order valence-electron chi connectivity index (χ0n) is 9.01. The van der Waals surface area contributed by atoms with Crippen molar-refractivity contribution in [2.45, 2.75) is 11.3 Å². The molecular formula is C10H12BrFN2O2S. The third kappa shape index (κ3) is 2.66. The second-order valence-electron chi connectivity index (χ2n) is 4.01. The van der Waals surface area contributed by atoms with Crippen LogP contribution in [0.15, 0.2) is 23.4 Å². The third-order valence-electron chi connectivity index (χ3n) is 2.78. The maximum Gasteiger partial charge on any atom is 0.244 e. The van der Waals surface area contributed by atoms with Gasteiger partial charge >= 0.3 is 0 Å². The number of alkyl halides is 1. The van der Waals surface area contributed by atoms with Crippen molar-refractivity contribution in [3.05, 3.63) is 24.3 Å². The zero-order valence-corrected chi connectivity index (χ0v) is 11.4. The van der Waals surface area contributed by atoms with Crippen molar-refractivity contribution < 1.29 is 12.8 Å². The third-order valence-corrected chi connectivity index (χ3v) is 5.53. The maximum absolute atomic E-state index is 13.0. The first-order chi connectivity index (χ1) is 8.04. The lowest BCUT2D eigenvalue weighted by Gasteiger charge is -2.15. The highest BCUT2D eigenvalue weighted by molar-refractivity contribution is 9.09. The van der Waals surface area contributed by atoms with Crippen molar-refractivity contribution in [3.63, 3.8) is 0 Å². The molecule has 1 saturated heterocycles. The number of sulfonamides is 1. The van der Waals surface area contributed by atoms with Gasteiger partial charge in [0.25, 0.3) is 0 Å². The maximum atomic E-state index is 13.0. The molecule has 0 spiro atoms. The van der Waals surface area contributed by atoms with E-state index < -0.39 is 15.8 Å². The number of hydrogen-bond donors (Lipinski definition) is 0. The summed E-state index contributed by atoms with van der Waals surface area (Å²) in [7, 11) is -3.59. The minimum Gasteiger partial charge on any atom is -0.260 e. The van der Waals surface area contributed by atoms with Crippen LogP contribution < -0.4 is 0 Å². The molecule has 2 heterocycles. The average Bonchev–Trinajstić information content (AvgIpc) is 2.78. The molecule has 1 aromatic rings. The predicted octanol–water partition coefficient (Wildman–Crippen LogP) is 1.63. The number of rotatable bonds is 3. The molecule has 1 aliphatic heterocycles. The second kappa shape index (κ2) is 4.99. The predicted molar refractivity (Wildman–Crippen MR) is 64.9 cm³/mol. The molecule has 94 valence electrons. The van der Waals surface area contributed by atoms with Gasteiger partial charge in [0, 0.05) is 24.6 Å². The molecule has 0 N–H and O–H groups in total. The van der Waals surface area contributed by atoms with Gasteiger partial charge in [-0.25, -0.2) is 12.8 Å². The summed E-state index contributed by atoms with van der Waals surface area (Å²) < 4.78 is 38.7. The van der Waals surface area contributed by atoms with Gasteiger partial charge in [-0.05, 0) is 18.4 Å². The molecular weight excluding hydrogens is 311 g/mol. The van der Waals surface area contributed by atoms with Gasteiger partial charge < -0.3 is 0 Å². The quantitative estimate of drug-likeness (QED) is 0.795. The first kappa shape index (κ1) is 12.9. The van der Waals surface area contributed by atoms with Crippen molar-refractivity contribution in [2.75, 3.05) is 18.4 Å². The largest absolute Gasteiger partial charge is 0.260 e. The van der Waals surface area contributed by atoms with E-state index in [2.05, 4.69) is 20.9 Å². The van der Waals surface area contributed by atoms with E-state index >= 15 is 0 Å². The summed E-state index contributed by atoms with van der Waals surface area (Å²) in [5.74, 6) is -0.311. The van der Waals surface area contributed by atoms with E-state index in [1.54, 1.807) is 0 Å². The Morgan fingerprint density at radius 3 is 2.88 bits per heavy atom. The number of nitrogens with zero attached hydrogens (tertiary/aromatic N) is 2. The molecule has 0 radical (unpaired) electrons. The van der Waals surface area contributed by atoms with Gasteiger partial charge in [0.2, 0.25) is 10.0 Å². The van der Waals surface area contributed by atoms with Crippen LogP contribution in [0.2, 0.25) is 0 Å². The van der Waals surface area contributed by atoms with Crippen LogP contribution in [0.25, 0.3) is 0 Å². The SMILES string of the molecule is O=S(=O)(c1cncc(F)c1)N1CCC(CBr)C1. The van der Waals surface area contributed by atoms with E-state index in [1.807, 2.05) is 0 Å². The van der Waals surface area contributed by atoms with Crippen LogP contribution >= 0.6 is 15.9 Å². The van der Waals surface area contributed by atoms with Gasteiger partial charge in [0.15, 0.2) is 0 Å². The number of halogens is 2. The molecule has 2 rings (SSSR count). The van der Waals surface area contributed by atoms with Crippen LogP contribution in [-0.4, -0.2) is 36.1 Å². The molecule has 0 saturated carbocycles. The smallest absolute Gasteiger partial charge is 0.244 e. The average molecular weight is 323 g/mol. The monoisotopic (exact) mass is 322 g/mol. The van der Waals surface area contributed by atoms with Gasteiger partial charge in [-0.1, -0.05) is 15.9 Å². The fourth-order valence-corrected chi connectivity index (χ4v) is 3.86. The van der Waals surface area contributed by atoms with Crippen LogP contribution in [0.1, 0.15) is 6.42 Å². The molecule has 0 amide bonds. The molecule has 1 fully saturated rings. The summed E-state index contributed by atoms with van der Waals surface area (Å²) in [6.07, 6.45) is 3.00. The van der Waals surface area contributed by atoms with E-state index in [0.29, 0.717) is 19.0 Å². The van der Waals surface area contributed by atoms with E-state index in [0.717, 1.165) is 24.0 Å². The lowest BCUT2D eigenvalue weighted by Crippen LogP contribution is -2.29. The summed E-state index contributed by atoms with van der Waals surface area (Å²) in [6.45, 7) is 0.958. The van der Waals surface area contributed by atoms with Crippen molar-refractivity contribution >= 4 is 26.0 Å². The Hall–Kier alpha value is -0.530. The Balaban J connectivity index is 2.25. The Kier molecular flexibility index (Phi) is 3.79. The highest BCUT2D eigenvalue weighted by Gasteiger charge is 2.32. The zero-order chi connectivity index (χ0) is 12.5. The van der Waals surface area contributed by atoms with E-state index in [-0.39, 0.29) is 4.90 Å². The molecule has 1 aromatic heterocycles. The van der Waals surface area contributed by atoms with Crippen LogP contribution in [0.5, 0.6) is 0 Å². The minimum atomic E-state index is -3.59. The lowest BCUT2D eigenvalue weighted by atomic mass is 10.2. The Morgan fingerprint density at radius 1 is 1.53 bits per heavy atom. The van der Waals surface area contributed by atoms with Gasteiger partial charge in [0.1, 0.15) is 10.7 Å². The minimum absolute atomic E-state index is 0.0762. The Labute approximate surface area is 108 Å². The van der Waals surface area contributed by atoms with Crippen LogP contribution in [0, 0.1) is 11.7 Å². The van der Waals surface area contributed by atoms with Crippen molar-refractivity contribution in [3.8, 4) is 0 Å². The van der Waals surface area contributed by atoms with Crippen LogP contribution in [-0.2, 0) is 10.0 Å². The summed E-state index contributed by atoms with van der Waals surface area (Å²) in [5.41, 5.74) is 0.